The Labute approximate surface area is 148 Å². The average molecular weight is 358 g/mol. The maximum absolute atomic E-state index is 12.0. The van der Waals surface area contributed by atoms with E-state index in [1.54, 1.807) is 18.2 Å². The Kier molecular flexibility index (Phi) is 5.11. The highest BCUT2D eigenvalue weighted by Crippen LogP contribution is 2.30. The molecule has 130 valence electrons. The molecule has 8 heteroatoms. The van der Waals surface area contributed by atoms with Crippen molar-refractivity contribution in [2.24, 2.45) is 5.92 Å². The lowest BCUT2D eigenvalue weighted by Crippen LogP contribution is -2.26. The summed E-state index contributed by atoms with van der Waals surface area (Å²) in [6.45, 7) is 4.42. The van der Waals surface area contributed by atoms with Crippen molar-refractivity contribution in [3.05, 3.63) is 42.2 Å². The molecule has 0 radical (unpaired) electrons. The van der Waals surface area contributed by atoms with Crippen molar-refractivity contribution in [2.75, 3.05) is 12.3 Å². The smallest absolute Gasteiger partial charge is 0.293 e. The molecule has 0 saturated heterocycles. The third-order valence-corrected chi connectivity index (χ3v) is 4.01. The molecule has 0 atom stereocenters. The number of hydrogen-bond acceptors (Lipinski definition) is 7. The molecule has 7 nitrogen and oxygen atoms in total. The van der Waals surface area contributed by atoms with Crippen LogP contribution in [0.25, 0.3) is 10.2 Å². The standard InChI is InChI=1S/C17H18N4O3S/c1-10(2)9-23-21-16(22)14-7-12(5-6-19-14)24-11-3-4-13-15(8-11)25-17(18)20-13/h3-8,10H,9H2,1-2H3,(H2,18,20)(H,21,22). The van der Waals surface area contributed by atoms with Gasteiger partial charge in [-0.2, -0.15) is 0 Å². The summed E-state index contributed by atoms with van der Waals surface area (Å²) in [5.41, 5.74) is 9.12. The number of nitrogens with one attached hydrogen (secondary N) is 1. The normalized spacial score (nSPS) is 11.0. The van der Waals surface area contributed by atoms with Gasteiger partial charge in [0.25, 0.3) is 5.91 Å². The highest BCUT2D eigenvalue weighted by Gasteiger charge is 2.10. The van der Waals surface area contributed by atoms with Crippen LogP contribution in [-0.2, 0) is 4.84 Å². The largest absolute Gasteiger partial charge is 0.457 e. The number of fused-ring (bicyclic) bond motifs is 1. The molecule has 3 rings (SSSR count). The molecule has 0 bridgehead atoms. The van der Waals surface area contributed by atoms with E-state index in [4.69, 9.17) is 15.3 Å². The number of nitrogen functional groups attached to an aromatic ring is 1. The van der Waals surface area contributed by atoms with E-state index in [9.17, 15) is 4.79 Å². The average Bonchev–Trinajstić information content (AvgIpc) is 2.94. The van der Waals surface area contributed by atoms with Crippen LogP contribution in [-0.4, -0.2) is 22.5 Å². The zero-order chi connectivity index (χ0) is 17.8. The van der Waals surface area contributed by atoms with Gasteiger partial charge in [0.2, 0.25) is 0 Å². The molecule has 25 heavy (non-hydrogen) atoms. The Bertz CT molecular complexity index is 894. The zero-order valence-electron chi connectivity index (χ0n) is 13.9. The molecule has 0 saturated carbocycles. The van der Waals surface area contributed by atoms with Crippen LogP contribution in [0.5, 0.6) is 11.5 Å². The summed E-state index contributed by atoms with van der Waals surface area (Å²) in [5, 5.41) is 0.511. The third-order valence-electron chi connectivity index (χ3n) is 3.16. The number of hydroxylamine groups is 1. The van der Waals surface area contributed by atoms with E-state index in [1.807, 2.05) is 26.0 Å². The van der Waals surface area contributed by atoms with Crippen LogP contribution >= 0.6 is 11.3 Å². The molecule has 0 unspecified atom stereocenters. The van der Waals surface area contributed by atoms with Crippen molar-refractivity contribution in [2.45, 2.75) is 13.8 Å². The number of hydrogen-bond donors (Lipinski definition) is 2. The topological polar surface area (TPSA) is 99.4 Å². The van der Waals surface area contributed by atoms with Crippen LogP contribution in [0.4, 0.5) is 5.13 Å². The van der Waals surface area contributed by atoms with Crippen molar-refractivity contribution < 1.29 is 14.4 Å². The number of carbonyl (C=O) groups is 1. The molecule has 0 spiro atoms. The monoisotopic (exact) mass is 358 g/mol. The predicted octanol–water partition coefficient (Wildman–Crippen LogP) is 3.38. The number of nitrogens with two attached hydrogens (primary N) is 1. The summed E-state index contributed by atoms with van der Waals surface area (Å²) in [4.78, 5) is 25.4. The van der Waals surface area contributed by atoms with Crippen LogP contribution in [0.1, 0.15) is 24.3 Å². The van der Waals surface area contributed by atoms with E-state index in [0.29, 0.717) is 29.2 Å². The van der Waals surface area contributed by atoms with Gasteiger partial charge in [-0.1, -0.05) is 25.2 Å². The lowest BCUT2D eigenvalue weighted by molar-refractivity contribution is 0.0204. The third kappa shape index (κ3) is 4.43. The van der Waals surface area contributed by atoms with Crippen molar-refractivity contribution >= 4 is 32.6 Å². The highest BCUT2D eigenvalue weighted by molar-refractivity contribution is 7.22. The van der Waals surface area contributed by atoms with Gasteiger partial charge in [-0.15, -0.1) is 0 Å². The summed E-state index contributed by atoms with van der Waals surface area (Å²) < 4.78 is 6.74. The Balaban J connectivity index is 1.70. The van der Waals surface area contributed by atoms with E-state index >= 15 is 0 Å². The number of pyridine rings is 1. The SMILES string of the molecule is CC(C)CONC(=O)c1cc(Oc2ccc3nc(N)sc3c2)ccn1. The van der Waals surface area contributed by atoms with Crippen LogP contribution < -0.4 is 16.0 Å². The van der Waals surface area contributed by atoms with Crippen LogP contribution in [0.2, 0.25) is 0 Å². The minimum atomic E-state index is -0.420. The Morgan fingerprint density at radius 2 is 2.08 bits per heavy atom. The molecular weight excluding hydrogens is 340 g/mol. The Hall–Kier alpha value is -2.71. The Morgan fingerprint density at radius 3 is 2.88 bits per heavy atom. The molecule has 0 aliphatic carbocycles. The fraction of sp³-hybridized carbons (Fsp3) is 0.235. The first kappa shape index (κ1) is 17.1. The number of ether oxygens (including phenoxy) is 1. The molecule has 1 aromatic carbocycles. The second-order valence-electron chi connectivity index (χ2n) is 5.80. The van der Waals surface area contributed by atoms with Crippen molar-refractivity contribution in [3.8, 4) is 11.5 Å². The van der Waals surface area contributed by atoms with E-state index in [0.717, 1.165) is 10.2 Å². The lowest BCUT2D eigenvalue weighted by Gasteiger charge is -2.09. The number of nitrogens with zero attached hydrogens (tertiary/aromatic N) is 2. The van der Waals surface area contributed by atoms with Crippen LogP contribution in [0, 0.1) is 5.92 Å². The summed E-state index contributed by atoms with van der Waals surface area (Å²) in [6.07, 6.45) is 1.51. The molecular formula is C17H18N4O3S. The molecule has 3 aromatic rings. The fourth-order valence-corrected chi connectivity index (χ4v) is 2.81. The Morgan fingerprint density at radius 1 is 1.28 bits per heavy atom. The quantitative estimate of drug-likeness (QED) is 0.655. The molecule has 0 aliphatic rings. The minimum absolute atomic E-state index is 0.212. The van der Waals surface area contributed by atoms with E-state index in [1.165, 1.54) is 17.5 Å². The summed E-state index contributed by atoms with van der Waals surface area (Å²) in [5.74, 6) is 1.03. The summed E-state index contributed by atoms with van der Waals surface area (Å²) in [6, 6.07) is 8.73. The predicted molar refractivity (Wildman–Crippen MR) is 96.6 cm³/mol. The van der Waals surface area contributed by atoms with E-state index < -0.39 is 5.91 Å². The molecule has 0 aliphatic heterocycles. The number of anilines is 1. The number of rotatable bonds is 6. The minimum Gasteiger partial charge on any atom is -0.457 e. The number of aromatic nitrogens is 2. The van der Waals surface area contributed by atoms with Gasteiger partial charge in [0.05, 0.1) is 16.8 Å². The van der Waals surface area contributed by atoms with Gasteiger partial charge in [0.15, 0.2) is 5.13 Å². The number of thiazole rings is 1. The van der Waals surface area contributed by atoms with Crippen molar-refractivity contribution in [1.82, 2.24) is 15.4 Å². The first-order valence-corrected chi connectivity index (χ1v) is 8.55. The van der Waals surface area contributed by atoms with Gasteiger partial charge in [-0.25, -0.2) is 10.5 Å². The second kappa shape index (κ2) is 7.45. The van der Waals surface area contributed by atoms with Crippen LogP contribution in [0.3, 0.4) is 0 Å². The van der Waals surface area contributed by atoms with Gasteiger partial charge >= 0.3 is 0 Å². The first-order chi connectivity index (χ1) is 12.0. The molecule has 2 aromatic heterocycles. The van der Waals surface area contributed by atoms with E-state index in [-0.39, 0.29) is 5.69 Å². The second-order valence-corrected chi connectivity index (χ2v) is 6.86. The summed E-state index contributed by atoms with van der Waals surface area (Å²) in [7, 11) is 0. The van der Waals surface area contributed by atoms with Crippen molar-refractivity contribution in [3.63, 3.8) is 0 Å². The number of benzene rings is 1. The van der Waals surface area contributed by atoms with Gasteiger partial charge in [-0.05, 0) is 24.1 Å². The molecule has 2 heterocycles. The molecule has 3 N–H and O–H groups in total. The first-order valence-electron chi connectivity index (χ1n) is 7.73. The lowest BCUT2D eigenvalue weighted by atomic mass is 10.2. The maximum atomic E-state index is 12.0. The maximum Gasteiger partial charge on any atom is 0.293 e. The van der Waals surface area contributed by atoms with Gasteiger partial charge in [0, 0.05) is 18.3 Å². The van der Waals surface area contributed by atoms with Crippen molar-refractivity contribution in [1.29, 1.82) is 0 Å². The van der Waals surface area contributed by atoms with Gasteiger partial charge in [-0.3, -0.25) is 14.6 Å². The number of amides is 1. The highest BCUT2D eigenvalue weighted by atomic mass is 32.1. The zero-order valence-corrected chi connectivity index (χ0v) is 14.7. The molecule has 0 fully saturated rings. The van der Waals surface area contributed by atoms with Crippen LogP contribution in [0.15, 0.2) is 36.5 Å². The van der Waals surface area contributed by atoms with Gasteiger partial charge in [0.1, 0.15) is 17.2 Å². The summed E-state index contributed by atoms with van der Waals surface area (Å²) >= 11 is 1.39. The van der Waals surface area contributed by atoms with E-state index in [2.05, 4.69) is 15.4 Å². The van der Waals surface area contributed by atoms with Gasteiger partial charge < -0.3 is 10.5 Å². The number of carbonyl (C=O) groups excluding carboxylic acids is 1. The fourth-order valence-electron chi connectivity index (χ4n) is 2.05. The molecule has 1 amide bonds.